The summed E-state index contributed by atoms with van der Waals surface area (Å²) in [7, 11) is 0. The number of nitrogens with zero attached hydrogens (tertiary/aromatic N) is 4. The topological polar surface area (TPSA) is 72.7 Å². The Labute approximate surface area is 169 Å². The van der Waals surface area contributed by atoms with E-state index < -0.39 is 0 Å². The number of benzene rings is 1. The van der Waals surface area contributed by atoms with Gasteiger partial charge in [-0.25, -0.2) is 0 Å². The minimum absolute atomic E-state index is 0.0652. The summed E-state index contributed by atoms with van der Waals surface area (Å²) < 4.78 is 2.01. The molecular formula is C21H25N5OS. The lowest BCUT2D eigenvalue weighted by atomic mass is 9.87. The largest absolute Gasteiger partial charge is 0.325 e. The van der Waals surface area contributed by atoms with E-state index in [1.54, 1.807) is 12.4 Å². The van der Waals surface area contributed by atoms with Crippen molar-refractivity contribution in [3.63, 3.8) is 0 Å². The van der Waals surface area contributed by atoms with Gasteiger partial charge >= 0.3 is 0 Å². The number of nitrogens with one attached hydrogen (secondary N) is 1. The Hall–Kier alpha value is -2.67. The van der Waals surface area contributed by atoms with E-state index >= 15 is 0 Å². The van der Waals surface area contributed by atoms with Crippen LogP contribution in [-0.2, 0) is 16.8 Å². The molecule has 2 aromatic heterocycles. The van der Waals surface area contributed by atoms with Crippen LogP contribution in [0.15, 0.2) is 53.9 Å². The Morgan fingerprint density at radius 3 is 2.36 bits per heavy atom. The molecule has 3 rings (SSSR count). The number of thioether (sulfide) groups is 1. The first-order chi connectivity index (χ1) is 13.4. The molecule has 0 unspecified atom stereocenters. The number of pyridine rings is 1. The first kappa shape index (κ1) is 20.1. The number of hydrogen-bond donors (Lipinski definition) is 1. The van der Waals surface area contributed by atoms with Gasteiger partial charge in [0.05, 0.1) is 5.75 Å². The number of carbonyl (C=O) groups excluding carboxylic acids is 1. The van der Waals surface area contributed by atoms with Crippen molar-refractivity contribution in [2.24, 2.45) is 0 Å². The molecule has 146 valence electrons. The fourth-order valence-corrected chi connectivity index (χ4v) is 3.58. The Morgan fingerprint density at radius 1 is 1.07 bits per heavy atom. The van der Waals surface area contributed by atoms with Gasteiger partial charge < -0.3 is 9.88 Å². The van der Waals surface area contributed by atoms with E-state index in [1.807, 2.05) is 35.8 Å². The van der Waals surface area contributed by atoms with Crippen molar-refractivity contribution < 1.29 is 4.79 Å². The van der Waals surface area contributed by atoms with Gasteiger partial charge in [-0.1, -0.05) is 44.7 Å². The predicted molar refractivity (Wildman–Crippen MR) is 113 cm³/mol. The maximum atomic E-state index is 12.3. The fourth-order valence-electron chi connectivity index (χ4n) is 2.78. The molecular weight excluding hydrogens is 370 g/mol. The highest BCUT2D eigenvalue weighted by atomic mass is 32.2. The van der Waals surface area contributed by atoms with Gasteiger partial charge in [0.1, 0.15) is 0 Å². The summed E-state index contributed by atoms with van der Waals surface area (Å²) in [6, 6.07) is 11.8. The van der Waals surface area contributed by atoms with Gasteiger partial charge in [0, 0.05) is 30.2 Å². The van der Waals surface area contributed by atoms with Gasteiger partial charge in [0.2, 0.25) is 5.91 Å². The Balaban J connectivity index is 1.63. The molecule has 28 heavy (non-hydrogen) atoms. The van der Waals surface area contributed by atoms with E-state index in [1.165, 1.54) is 17.3 Å². The normalized spacial score (nSPS) is 11.4. The third-order valence-electron chi connectivity index (χ3n) is 4.34. The van der Waals surface area contributed by atoms with Crippen LogP contribution in [-0.4, -0.2) is 31.4 Å². The molecule has 0 saturated heterocycles. The zero-order valence-electron chi connectivity index (χ0n) is 16.6. The van der Waals surface area contributed by atoms with Crippen molar-refractivity contribution in [3.05, 3.63) is 54.4 Å². The van der Waals surface area contributed by atoms with Crippen LogP contribution in [0.3, 0.4) is 0 Å². The molecule has 1 amide bonds. The van der Waals surface area contributed by atoms with Gasteiger partial charge in [0.15, 0.2) is 11.0 Å². The summed E-state index contributed by atoms with van der Waals surface area (Å²) in [5.41, 5.74) is 3.09. The van der Waals surface area contributed by atoms with E-state index in [0.717, 1.165) is 28.8 Å². The smallest absolute Gasteiger partial charge is 0.234 e. The minimum atomic E-state index is -0.0652. The molecule has 2 heterocycles. The van der Waals surface area contributed by atoms with E-state index in [-0.39, 0.29) is 17.1 Å². The molecule has 1 N–H and O–H groups in total. The number of carbonyl (C=O) groups is 1. The third-order valence-corrected chi connectivity index (χ3v) is 5.31. The second kappa shape index (κ2) is 8.56. The molecule has 0 bridgehead atoms. The van der Waals surface area contributed by atoms with Crippen molar-refractivity contribution in [2.75, 3.05) is 11.1 Å². The van der Waals surface area contributed by atoms with Crippen LogP contribution in [0.2, 0.25) is 0 Å². The Kier molecular flexibility index (Phi) is 6.14. The predicted octanol–water partition coefficient (Wildman–Crippen LogP) is 4.39. The number of rotatable bonds is 6. The van der Waals surface area contributed by atoms with E-state index in [9.17, 15) is 4.79 Å². The molecule has 0 radical (unpaired) electrons. The van der Waals surface area contributed by atoms with Crippen LogP contribution in [0.1, 0.15) is 33.3 Å². The summed E-state index contributed by atoms with van der Waals surface area (Å²) in [6.45, 7) is 9.27. The second-order valence-corrected chi connectivity index (χ2v) is 8.39. The number of hydrogen-bond acceptors (Lipinski definition) is 5. The lowest BCUT2D eigenvalue weighted by molar-refractivity contribution is -0.113. The zero-order valence-corrected chi connectivity index (χ0v) is 17.5. The maximum absolute atomic E-state index is 12.3. The highest BCUT2D eigenvalue weighted by Gasteiger charge is 2.15. The van der Waals surface area contributed by atoms with Gasteiger partial charge in [-0.3, -0.25) is 9.78 Å². The van der Waals surface area contributed by atoms with Crippen LogP contribution in [0.5, 0.6) is 0 Å². The highest BCUT2D eigenvalue weighted by Crippen LogP contribution is 2.25. The monoisotopic (exact) mass is 395 g/mol. The van der Waals surface area contributed by atoms with Gasteiger partial charge in [-0.05, 0) is 42.2 Å². The average molecular weight is 396 g/mol. The third kappa shape index (κ3) is 4.78. The molecule has 0 aliphatic carbocycles. The molecule has 0 saturated carbocycles. The van der Waals surface area contributed by atoms with Crippen molar-refractivity contribution in [1.82, 2.24) is 19.7 Å². The zero-order chi connectivity index (χ0) is 20.1. The summed E-state index contributed by atoms with van der Waals surface area (Å²) in [5, 5.41) is 12.2. The average Bonchev–Trinajstić information content (AvgIpc) is 3.10. The molecule has 0 aliphatic heterocycles. The van der Waals surface area contributed by atoms with Crippen LogP contribution in [0.4, 0.5) is 5.69 Å². The summed E-state index contributed by atoms with van der Waals surface area (Å²) in [4.78, 5) is 16.4. The molecule has 0 fully saturated rings. The molecule has 6 nitrogen and oxygen atoms in total. The second-order valence-electron chi connectivity index (χ2n) is 7.45. The molecule has 7 heteroatoms. The van der Waals surface area contributed by atoms with Crippen LogP contribution < -0.4 is 5.32 Å². The van der Waals surface area contributed by atoms with Crippen molar-refractivity contribution in [1.29, 1.82) is 0 Å². The number of anilines is 1. The van der Waals surface area contributed by atoms with Crippen LogP contribution >= 0.6 is 11.8 Å². The van der Waals surface area contributed by atoms with Crippen molar-refractivity contribution in [2.45, 2.75) is 44.8 Å². The summed E-state index contributed by atoms with van der Waals surface area (Å²) in [6.07, 6.45) is 3.46. The van der Waals surface area contributed by atoms with E-state index in [2.05, 4.69) is 53.4 Å². The van der Waals surface area contributed by atoms with Crippen LogP contribution in [0, 0.1) is 0 Å². The maximum Gasteiger partial charge on any atom is 0.234 e. The first-order valence-electron chi connectivity index (χ1n) is 9.25. The highest BCUT2D eigenvalue weighted by molar-refractivity contribution is 7.99. The number of amides is 1. The quantitative estimate of drug-likeness (QED) is 0.627. The SMILES string of the molecule is CCn1c(SCC(=O)Nc2ccc(C(C)(C)C)cc2)nnc1-c1ccncc1. The Bertz CT molecular complexity index is 930. The Morgan fingerprint density at radius 2 is 1.75 bits per heavy atom. The summed E-state index contributed by atoms with van der Waals surface area (Å²) >= 11 is 1.38. The van der Waals surface area contributed by atoms with Gasteiger partial charge in [-0.15, -0.1) is 10.2 Å². The molecule has 1 aromatic carbocycles. The summed E-state index contributed by atoms with van der Waals surface area (Å²) in [5.74, 6) is 0.991. The fraction of sp³-hybridized carbons (Fsp3) is 0.333. The standard InChI is InChI=1S/C21H25N5OS/c1-5-26-19(15-10-12-22-13-11-15)24-25-20(26)28-14-18(27)23-17-8-6-16(7-9-17)21(2,3)4/h6-13H,5,14H2,1-4H3,(H,23,27). The molecule has 0 aliphatic rings. The first-order valence-corrected chi connectivity index (χ1v) is 10.2. The molecule has 0 atom stereocenters. The van der Waals surface area contributed by atoms with Crippen molar-refractivity contribution >= 4 is 23.4 Å². The van der Waals surface area contributed by atoms with E-state index in [0.29, 0.717) is 0 Å². The minimum Gasteiger partial charge on any atom is -0.325 e. The van der Waals surface area contributed by atoms with Crippen LogP contribution in [0.25, 0.3) is 11.4 Å². The van der Waals surface area contributed by atoms with Gasteiger partial charge in [0.25, 0.3) is 0 Å². The van der Waals surface area contributed by atoms with E-state index in [4.69, 9.17) is 0 Å². The lowest BCUT2D eigenvalue weighted by Gasteiger charge is -2.19. The van der Waals surface area contributed by atoms with Crippen molar-refractivity contribution in [3.8, 4) is 11.4 Å². The lowest BCUT2D eigenvalue weighted by Crippen LogP contribution is -2.15. The number of aromatic nitrogens is 4. The molecule has 0 spiro atoms. The van der Waals surface area contributed by atoms with Gasteiger partial charge in [-0.2, -0.15) is 0 Å². The molecule has 3 aromatic rings.